The number of hydrazone groups is 1. The van der Waals surface area contributed by atoms with E-state index in [1.54, 1.807) is 25.1 Å². The zero-order valence-electron chi connectivity index (χ0n) is 8.84. The maximum absolute atomic E-state index is 10.7. The molecule has 0 atom stereocenters. The molecule has 7 nitrogen and oxygen atoms in total. The number of rotatable bonds is 3. The second kappa shape index (κ2) is 5.24. The first-order valence-electron chi connectivity index (χ1n) is 4.47. The third-order valence-electron chi connectivity index (χ3n) is 1.85. The van der Waals surface area contributed by atoms with Crippen molar-refractivity contribution in [2.45, 2.75) is 6.92 Å². The van der Waals surface area contributed by atoms with Crippen molar-refractivity contribution in [2.75, 3.05) is 5.43 Å². The smallest absolute Gasteiger partial charge is 0.270 e. The predicted octanol–water partition coefficient (Wildman–Crippen LogP) is 1.72. The maximum Gasteiger partial charge on any atom is 0.294 e. The molecule has 0 unspecified atom stereocenters. The summed E-state index contributed by atoms with van der Waals surface area (Å²) in [6.45, 7) is 1.76. The topological polar surface area (TPSA) is 115 Å². The largest absolute Gasteiger partial charge is 0.294 e. The van der Waals surface area contributed by atoms with Crippen molar-refractivity contribution < 1.29 is 4.92 Å². The molecular weight excluding hydrogens is 222 g/mol. The van der Waals surface area contributed by atoms with E-state index in [0.29, 0.717) is 0 Å². The fourth-order valence-electron chi connectivity index (χ4n) is 1.09. The van der Waals surface area contributed by atoms with Gasteiger partial charge in [0.05, 0.1) is 4.92 Å². The van der Waals surface area contributed by atoms with Crippen LogP contribution >= 0.6 is 0 Å². The Labute approximate surface area is 96.7 Å². The molecule has 84 valence electrons. The molecule has 0 heterocycles. The molecule has 1 aromatic carbocycles. The van der Waals surface area contributed by atoms with Gasteiger partial charge in [0.15, 0.2) is 0 Å². The summed E-state index contributed by atoms with van der Waals surface area (Å²) < 4.78 is 0. The van der Waals surface area contributed by atoms with Crippen molar-refractivity contribution in [3.05, 3.63) is 33.9 Å². The summed E-state index contributed by atoms with van der Waals surface area (Å²) >= 11 is 0. The number of hydrogen-bond donors (Lipinski definition) is 1. The summed E-state index contributed by atoms with van der Waals surface area (Å²) in [6, 6.07) is 7.50. The zero-order valence-corrected chi connectivity index (χ0v) is 8.84. The average molecular weight is 229 g/mol. The molecule has 0 radical (unpaired) electrons. The number of nitriles is 2. The molecule has 1 aromatic rings. The summed E-state index contributed by atoms with van der Waals surface area (Å²) in [4.78, 5) is 10.1. The van der Waals surface area contributed by atoms with Crippen LogP contribution < -0.4 is 5.43 Å². The van der Waals surface area contributed by atoms with Crippen molar-refractivity contribution in [2.24, 2.45) is 5.10 Å². The van der Waals surface area contributed by atoms with Crippen LogP contribution in [0.2, 0.25) is 0 Å². The van der Waals surface area contributed by atoms with Gasteiger partial charge in [-0.05, 0) is 18.6 Å². The van der Waals surface area contributed by atoms with Gasteiger partial charge in [0.25, 0.3) is 5.69 Å². The molecule has 0 saturated heterocycles. The van der Waals surface area contributed by atoms with E-state index in [4.69, 9.17) is 10.5 Å². The molecule has 0 aliphatic rings. The summed E-state index contributed by atoms with van der Waals surface area (Å²) in [6.07, 6.45) is 0. The first-order chi connectivity index (χ1) is 8.08. The van der Waals surface area contributed by atoms with Gasteiger partial charge in [-0.1, -0.05) is 6.07 Å². The standard InChI is InChI=1S/C10H7N5O2/c1-7-2-3-10(15(16)17)9(4-7)14-13-8(5-11)6-12/h2-4,14H,1H3. The molecule has 0 fully saturated rings. The van der Waals surface area contributed by atoms with Crippen molar-refractivity contribution in [1.29, 1.82) is 10.5 Å². The number of nitrogens with zero attached hydrogens (tertiary/aromatic N) is 4. The van der Waals surface area contributed by atoms with Gasteiger partial charge < -0.3 is 0 Å². The van der Waals surface area contributed by atoms with Crippen LogP contribution in [0.4, 0.5) is 11.4 Å². The van der Waals surface area contributed by atoms with E-state index in [1.807, 2.05) is 0 Å². The van der Waals surface area contributed by atoms with Crippen LogP contribution in [0.3, 0.4) is 0 Å². The Bertz CT molecular complexity index is 549. The molecule has 0 bridgehead atoms. The molecule has 0 saturated carbocycles. The van der Waals surface area contributed by atoms with Crippen LogP contribution in [-0.4, -0.2) is 10.6 Å². The molecular formula is C10H7N5O2. The van der Waals surface area contributed by atoms with E-state index < -0.39 is 10.6 Å². The van der Waals surface area contributed by atoms with Gasteiger partial charge in [0.2, 0.25) is 5.71 Å². The van der Waals surface area contributed by atoms with Crippen LogP contribution in [0.15, 0.2) is 23.3 Å². The normalized spacial score (nSPS) is 8.65. The third-order valence-corrected chi connectivity index (χ3v) is 1.85. The van der Waals surface area contributed by atoms with E-state index >= 15 is 0 Å². The number of anilines is 1. The van der Waals surface area contributed by atoms with Crippen molar-refractivity contribution >= 4 is 17.1 Å². The van der Waals surface area contributed by atoms with Crippen LogP contribution in [-0.2, 0) is 0 Å². The maximum atomic E-state index is 10.7. The van der Waals surface area contributed by atoms with Crippen molar-refractivity contribution in [1.82, 2.24) is 0 Å². The van der Waals surface area contributed by atoms with Gasteiger partial charge in [-0.2, -0.15) is 15.6 Å². The van der Waals surface area contributed by atoms with Crippen LogP contribution in [0, 0.1) is 39.7 Å². The van der Waals surface area contributed by atoms with Gasteiger partial charge in [-0.15, -0.1) is 0 Å². The van der Waals surface area contributed by atoms with Gasteiger partial charge >= 0.3 is 0 Å². The lowest BCUT2D eigenvalue weighted by Crippen LogP contribution is -2.00. The number of nitro groups is 1. The second-order valence-electron chi connectivity index (χ2n) is 3.07. The third kappa shape index (κ3) is 3.01. The Morgan fingerprint density at radius 1 is 1.47 bits per heavy atom. The molecule has 0 aliphatic heterocycles. The summed E-state index contributed by atoms with van der Waals surface area (Å²) in [5.41, 5.74) is 2.70. The Balaban J connectivity index is 3.11. The molecule has 17 heavy (non-hydrogen) atoms. The Morgan fingerprint density at radius 2 is 2.12 bits per heavy atom. The first-order valence-corrected chi connectivity index (χ1v) is 4.47. The molecule has 0 spiro atoms. The monoisotopic (exact) mass is 229 g/mol. The molecule has 0 aromatic heterocycles. The van der Waals surface area contributed by atoms with E-state index in [0.717, 1.165) is 5.56 Å². The number of hydrogen-bond acceptors (Lipinski definition) is 6. The Kier molecular flexibility index (Phi) is 3.74. The molecule has 1 N–H and O–H groups in total. The van der Waals surface area contributed by atoms with Crippen LogP contribution in [0.5, 0.6) is 0 Å². The number of aryl methyl sites for hydroxylation is 1. The lowest BCUT2D eigenvalue weighted by atomic mass is 10.2. The predicted molar refractivity (Wildman–Crippen MR) is 60.1 cm³/mol. The van der Waals surface area contributed by atoms with Gasteiger partial charge in [0, 0.05) is 6.07 Å². The summed E-state index contributed by atoms with van der Waals surface area (Å²) in [5.74, 6) is 0. The minimum atomic E-state index is -0.574. The van der Waals surface area contributed by atoms with Crippen molar-refractivity contribution in [3.63, 3.8) is 0 Å². The number of benzene rings is 1. The Morgan fingerprint density at radius 3 is 2.65 bits per heavy atom. The minimum absolute atomic E-state index is 0.137. The van der Waals surface area contributed by atoms with Gasteiger partial charge in [-0.3, -0.25) is 15.5 Å². The van der Waals surface area contributed by atoms with Gasteiger partial charge in [0.1, 0.15) is 17.8 Å². The molecule has 0 amide bonds. The zero-order chi connectivity index (χ0) is 12.8. The van der Waals surface area contributed by atoms with Crippen LogP contribution in [0.25, 0.3) is 0 Å². The van der Waals surface area contributed by atoms with Gasteiger partial charge in [-0.25, -0.2) is 0 Å². The highest BCUT2D eigenvalue weighted by Gasteiger charge is 2.12. The highest BCUT2D eigenvalue weighted by Crippen LogP contribution is 2.25. The lowest BCUT2D eigenvalue weighted by molar-refractivity contribution is -0.384. The number of nitrogens with one attached hydrogen (secondary N) is 1. The fourth-order valence-corrected chi connectivity index (χ4v) is 1.09. The van der Waals surface area contributed by atoms with E-state index in [1.165, 1.54) is 12.1 Å². The SMILES string of the molecule is Cc1ccc([N+](=O)[O-])c(NN=C(C#N)C#N)c1. The quantitative estimate of drug-likeness (QED) is 0.481. The first kappa shape index (κ1) is 12.1. The van der Waals surface area contributed by atoms with E-state index in [2.05, 4.69) is 10.5 Å². The molecule has 0 aliphatic carbocycles. The minimum Gasteiger partial charge on any atom is -0.270 e. The Hall–Kier alpha value is -2.93. The van der Waals surface area contributed by atoms with E-state index in [9.17, 15) is 10.1 Å². The summed E-state index contributed by atoms with van der Waals surface area (Å²) in [7, 11) is 0. The highest BCUT2D eigenvalue weighted by atomic mass is 16.6. The second-order valence-corrected chi connectivity index (χ2v) is 3.07. The van der Waals surface area contributed by atoms with Crippen molar-refractivity contribution in [3.8, 4) is 12.1 Å². The molecule has 7 heteroatoms. The highest BCUT2D eigenvalue weighted by molar-refractivity contribution is 6.10. The van der Waals surface area contributed by atoms with Crippen LogP contribution in [0.1, 0.15) is 5.56 Å². The lowest BCUT2D eigenvalue weighted by Gasteiger charge is -2.02. The van der Waals surface area contributed by atoms with E-state index in [-0.39, 0.29) is 11.4 Å². The fraction of sp³-hybridized carbons (Fsp3) is 0.100. The molecule has 1 rings (SSSR count). The average Bonchev–Trinajstić information content (AvgIpc) is 2.30. The number of nitro benzene ring substituents is 1. The summed E-state index contributed by atoms with van der Waals surface area (Å²) in [5, 5.41) is 31.1.